The Bertz CT molecular complexity index is 736. The van der Waals surface area contributed by atoms with Crippen molar-refractivity contribution in [2.24, 2.45) is 0 Å². The van der Waals surface area contributed by atoms with Crippen LogP contribution in [0.2, 0.25) is 0 Å². The molecule has 0 bridgehead atoms. The molecule has 1 amide bonds. The first-order chi connectivity index (χ1) is 11.5. The molecule has 24 heavy (non-hydrogen) atoms. The molecule has 2 rings (SSSR count). The molecular formula is C16H19N5O3. The van der Waals surface area contributed by atoms with Gasteiger partial charge in [-0.1, -0.05) is 6.92 Å². The van der Waals surface area contributed by atoms with E-state index < -0.39 is 4.92 Å². The molecule has 2 aromatic rings. The topological polar surface area (TPSA) is 115 Å². The summed E-state index contributed by atoms with van der Waals surface area (Å²) >= 11 is 0. The number of nitrogens with zero attached hydrogens (tertiary/aromatic N) is 4. The molecule has 0 fully saturated rings. The lowest BCUT2D eigenvalue weighted by Crippen LogP contribution is -2.35. The number of nitro groups is 1. The molecule has 0 aliphatic heterocycles. The van der Waals surface area contributed by atoms with Gasteiger partial charge in [-0.25, -0.2) is 4.98 Å². The quantitative estimate of drug-likeness (QED) is 0.643. The van der Waals surface area contributed by atoms with Crippen LogP contribution in [0.15, 0.2) is 36.7 Å². The summed E-state index contributed by atoms with van der Waals surface area (Å²) in [6.07, 6.45) is 4.07. The van der Waals surface area contributed by atoms with E-state index in [0.717, 1.165) is 5.56 Å². The molecule has 0 unspecified atom stereocenters. The largest absolute Gasteiger partial charge is 0.378 e. The van der Waals surface area contributed by atoms with Gasteiger partial charge in [0.25, 0.3) is 5.91 Å². The number of pyridine rings is 2. The van der Waals surface area contributed by atoms with Gasteiger partial charge in [0.2, 0.25) is 5.82 Å². The van der Waals surface area contributed by atoms with Crippen molar-refractivity contribution in [3.63, 3.8) is 0 Å². The maximum Gasteiger partial charge on any atom is 0.311 e. The Balaban J connectivity index is 2.34. The molecule has 0 radical (unpaired) electrons. The first kappa shape index (κ1) is 17.3. The molecule has 0 aliphatic rings. The van der Waals surface area contributed by atoms with Crippen molar-refractivity contribution < 1.29 is 9.72 Å². The molecule has 126 valence electrons. The summed E-state index contributed by atoms with van der Waals surface area (Å²) in [6, 6.07) is 6.13. The van der Waals surface area contributed by atoms with E-state index in [-0.39, 0.29) is 29.1 Å². The van der Waals surface area contributed by atoms with E-state index in [1.807, 2.05) is 26.0 Å². The molecule has 2 heterocycles. The minimum absolute atomic E-state index is 0.0902. The first-order valence-corrected chi connectivity index (χ1v) is 7.61. The summed E-state index contributed by atoms with van der Waals surface area (Å²) in [4.78, 5) is 32.6. The second-order valence-corrected chi connectivity index (χ2v) is 5.15. The van der Waals surface area contributed by atoms with Crippen molar-refractivity contribution in [2.75, 3.05) is 12.3 Å². The standard InChI is InChI=1S/C16H19N5O3/c1-3-13(11-7-9-18-10-8-11)20(4-2)16(22)12-5-6-14(21(23)24)15(17)19-12/h5-10,13H,3-4H2,1-2H3,(H2,17,19)/t13-/m1/s1. The number of hydrogen-bond donors (Lipinski definition) is 1. The van der Waals surface area contributed by atoms with Gasteiger partial charge in [0.05, 0.1) is 11.0 Å². The van der Waals surface area contributed by atoms with Gasteiger partial charge in [-0.2, -0.15) is 0 Å². The SMILES string of the molecule is CC[C@H](c1ccncc1)N(CC)C(=O)c1ccc([N+](=O)[O-])c(N)n1. The molecule has 2 aromatic heterocycles. The molecule has 0 aromatic carbocycles. The lowest BCUT2D eigenvalue weighted by Gasteiger charge is -2.30. The van der Waals surface area contributed by atoms with Crippen molar-refractivity contribution in [1.82, 2.24) is 14.9 Å². The number of nitrogens with two attached hydrogens (primary N) is 1. The highest BCUT2D eigenvalue weighted by Gasteiger charge is 2.26. The monoisotopic (exact) mass is 329 g/mol. The maximum atomic E-state index is 12.8. The van der Waals surface area contributed by atoms with Crippen LogP contribution in [0.3, 0.4) is 0 Å². The smallest absolute Gasteiger partial charge is 0.311 e. The van der Waals surface area contributed by atoms with E-state index in [9.17, 15) is 14.9 Å². The van der Waals surface area contributed by atoms with Crippen LogP contribution in [0.5, 0.6) is 0 Å². The molecule has 0 saturated carbocycles. The molecule has 2 N–H and O–H groups in total. The van der Waals surface area contributed by atoms with Crippen LogP contribution < -0.4 is 5.73 Å². The number of rotatable bonds is 6. The fraction of sp³-hybridized carbons (Fsp3) is 0.312. The second-order valence-electron chi connectivity index (χ2n) is 5.15. The van der Waals surface area contributed by atoms with Crippen LogP contribution in [0.4, 0.5) is 11.5 Å². The third-order valence-electron chi connectivity index (χ3n) is 3.77. The fourth-order valence-electron chi connectivity index (χ4n) is 2.62. The highest BCUT2D eigenvalue weighted by Crippen LogP contribution is 2.26. The van der Waals surface area contributed by atoms with Gasteiger partial charge in [0, 0.05) is 25.0 Å². The Labute approximate surface area is 139 Å². The van der Waals surface area contributed by atoms with Gasteiger partial charge in [-0.3, -0.25) is 19.9 Å². The number of anilines is 1. The number of nitrogen functional groups attached to an aromatic ring is 1. The molecule has 0 saturated heterocycles. The Hall–Kier alpha value is -3.03. The average molecular weight is 329 g/mol. The molecule has 8 heteroatoms. The zero-order valence-corrected chi connectivity index (χ0v) is 13.5. The summed E-state index contributed by atoms with van der Waals surface area (Å²) in [5.41, 5.74) is 6.34. The summed E-state index contributed by atoms with van der Waals surface area (Å²) in [7, 11) is 0. The van der Waals surface area contributed by atoms with Gasteiger partial charge in [0.15, 0.2) is 0 Å². The summed E-state index contributed by atoms with van der Waals surface area (Å²) < 4.78 is 0. The Morgan fingerprint density at radius 1 is 1.29 bits per heavy atom. The Morgan fingerprint density at radius 3 is 2.46 bits per heavy atom. The van der Waals surface area contributed by atoms with Gasteiger partial charge in [-0.15, -0.1) is 0 Å². The average Bonchev–Trinajstić information content (AvgIpc) is 2.59. The van der Waals surface area contributed by atoms with E-state index in [4.69, 9.17) is 5.73 Å². The maximum absolute atomic E-state index is 12.8. The lowest BCUT2D eigenvalue weighted by molar-refractivity contribution is -0.384. The number of hydrogen-bond acceptors (Lipinski definition) is 6. The van der Waals surface area contributed by atoms with E-state index in [2.05, 4.69) is 9.97 Å². The van der Waals surface area contributed by atoms with Crippen LogP contribution in [0, 0.1) is 10.1 Å². The number of carbonyl (C=O) groups excluding carboxylic acids is 1. The molecular weight excluding hydrogens is 310 g/mol. The summed E-state index contributed by atoms with van der Waals surface area (Å²) in [5, 5.41) is 10.8. The highest BCUT2D eigenvalue weighted by molar-refractivity contribution is 5.93. The third kappa shape index (κ3) is 3.48. The van der Waals surface area contributed by atoms with E-state index in [0.29, 0.717) is 13.0 Å². The molecule has 8 nitrogen and oxygen atoms in total. The van der Waals surface area contributed by atoms with Crippen molar-refractivity contribution in [3.05, 3.63) is 58.0 Å². The Morgan fingerprint density at radius 2 is 1.96 bits per heavy atom. The van der Waals surface area contributed by atoms with E-state index in [1.165, 1.54) is 12.1 Å². The lowest BCUT2D eigenvalue weighted by atomic mass is 10.0. The number of aromatic nitrogens is 2. The predicted octanol–water partition coefficient (Wildman–Crippen LogP) is 2.58. The number of amides is 1. The molecule has 0 aliphatic carbocycles. The molecule has 0 spiro atoms. The zero-order chi connectivity index (χ0) is 17.7. The Kier molecular flexibility index (Phi) is 5.41. The molecule has 1 atom stereocenters. The van der Waals surface area contributed by atoms with Gasteiger partial charge < -0.3 is 10.6 Å². The second kappa shape index (κ2) is 7.49. The van der Waals surface area contributed by atoms with E-state index in [1.54, 1.807) is 17.3 Å². The van der Waals surface area contributed by atoms with Crippen molar-refractivity contribution in [2.45, 2.75) is 26.3 Å². The van der Waals surface area contributed by atoms with Crippen molar-refractivity contribution >= 4 is 17.4 Å². The van der Waals surface area contributed by atoms with Crippen LogP contribution in [-0.4, -0.2) is 32.2 Å². The van der Waals surface area contributed by atoms with Gasteiger partial charge >= 0.3 is 5.69 Å². The van der Waals surface area contributed by atoms with Crippen LogP contribution in [-0.2, 0) is 0 Å². The van der Waals surface area contributed by atoms with E-state index >= 15 is 0 Å². The normalized spacial score (nSPS) is 11.8. The van der Waals surface area contributed by atoms with Crippen LogP contribution in [0.1, 0.15) is 42.4 Å². The fourth-order valence-corrected chi connectivity index (χ4v) is 2.62. The summed E-state index contributed by atoms with van der Waals surface area (Å²) in [6.45, 7) is 4.33. The number of carbonyl (C=O) groups is 1. The first-order valence-electron chi connectivity index (χ1n) is 7.61. The van der Waals surface area contributed by atoms with Gasteiger partial charge in [-0.05, 0) is 37.1 Å². The van der Waals surface area contributed by atoms with Crippen molar-refractivity contribution in [1.29, 1.82) is 0 Å². The minimum atomic E-state index is -0.625. The zero-order valence-electron chi connectivity index (χ0n) is 13.5. The summed E-state index contributed by atoms with van der Waals surface area (Å²) in [5.74, 6) is -0.582. The van der Waals surface area contributed by atoms with Crippen LogP contribution in [0.25, 0.3) is 0 Å². The van der Waals surface area contributed by atoms with Crippen molar-refractivity contribution in [3.8, 4) is 0 Å². The van der Waals surface area contributed by atoms with Gasteiger partial charge in [0.1, 0.15) is 5.69 Å². The minimum Gasteiger partial charge on any atom is -0.378 e. The third-order valence-corrected chi connectivity index (χ3v) is 3.77. The predicted molar refractivity (Wildman–Crippen MR) is 89.3 cm³/mol. The highest BCUT2D eigenvalue weighted by atomic mass is 16.6. The van der Waals surface area contributed by atoms with Crippen LogP contribution >= 0.6 is 0 Å².